The van der Waals surface area contributed by atoms with E-state index in [1.54, 1.807) is 0 Å². The van der Waals surface area contributed by atoms with Crippen molar-refractivity contribution in [1.29, 1.82) is 0 Å². The van der Waals surface area contributed by atoms with Crippen molar-refractivity contribution in [2.24, 2.45) is 34.0 Å². The highest BCUT2D eigenvalue weighted by atomic mass is 16.3. The first-order chi connectivity index (χ1) is 10.1. The Morgan fingerprint density at radius 3 is 2.24 bits per heavy atom. The number of fused-ring (bicyclic) bond motifs is 3. The topological polar surface area (TPSA) is 40.5 Å². The Hall–Kier alpha value is -0.0800. The minimum absolute atomic E-state index is 0.0548. The van der Waals surface area contributed by atoms with Crippen LogP contribution in [0.1, 0.15) is 71.1 Å². The van der Waals surface area contributed by atoms with Gasteiger partial charge in [-0.2, -0.15) is 0 Å². The summed E-state index contributed by atoms with van der Waals surface area (Å²) in [5.41, 5.74) is 0.744. The van der Waals surface area contributed by atoms with Crippen LogP contribution < -0.4 is 0 Å². The maximum Gasteiger partial charge on any atom is 0.0493 e. The van der Waals surface area contributed by atoms with Crippen molar-refractivity contribution in [3.8, 4) is 0 Å². The molecule has 0 aliphatic heterocycles. The molecule has 5 saturated carbocycles. The fourth-order valence-corrected chi connectivity index (χ4v) is 7.53. The highest BCUT2D eigenvalue weighted by molar-refractivity contribution is 5.13. The molecule has 0 aromatic carbocycles. The molecule has 2 heteroatoms. The molecule has 21 heavy (non-hydrogen) atoms. The predicted octanol–water partition coefficient (Wildman–Crippen LogP) is 3.75. The summed E-state index contributed by atoms with van der Waals surface area (Å²) in [6, 6.07) is 0. The SMILES string of the molecule is CC1(CO)CCCC2(CO)C1CCC13CCC(CC1)CC32. The summed E-state index contributed by atoms with van der Waals surface area (Å²) >= 11 is 0. The van der Waals surface area contributed by atoms with Crippen LogP contribution in [0.3, 0.4) is 0 Å². The second-order valence-electron chi connectivity index (χ2n) is 9.24. The van der Waals surface area contributed by atoms with Crippen LogP contribution in [0.4, 0.5) is 0 Å². The summed E-state index contributed by atoms with van der Waals surface area (Å²) in [5.74, 6) is 2.22. The first-order valence-electron chi connectivity index (χ1n) is 9.30. The van der Waals surface area contributed by atoms with E-state index in [9.17, 15) is 10.2 Å². The predicted molar refractivity (Wildman–Crippen MR) is 83.8 cm³/mol. The highest BCUT2D eigenvalue weighted by Crippen LogP contribution is 2.71. The minimum atomic E-state index is 0.0548. The van der Waals surface area contributed by atoms with Crippen molar-refractivity contribution >= 4 is 0 Å². The summed E-state index contributed by atoms with van der Waals surface area (Å²) in [7, 11) is 0. The molecule has 2 bridgehead atoms. The Bertz CT molecular complexity index is 412. The third-order valence-corrected chi connectivity index (χ3v) is 8.62. The average Bonchev–Trinajstić information content (AvgIpc) is 2.55. The van der Waals surface area contributed by atoms with Crippen LogP contribution in [-0.4, -0.2) is 23.4 Å². The zero-order valence-electron chi connectivity index (χ0n) is 13.6. The second kappa shape index (κ2) is 4.71. The number of hydrogen-bond acceptors (Lipinski definition) is 2. The number of hydrogen-bond donors (Lipinski definition) is 2. The van der Waals surface area contributed by atoms with Gasteiger partial charge in [-0.1, -0.05) is 13.3 Å². The molecule has 2 nitrogen and oxygen atoms in total. The van der Waals surface area contributed by atoms with E-state index >= 15 is 0 Å². The van der Waals surface area contributed by atoms with Gasteiger partial charge in [0.1, 0.15) is 0 Å². The fraction of sp³-hybridized carbons (Fsp3) is 1.00. The zero-order chi connectivity index (χ0) is 14.7. The smallest absolute Gasteiger partial charge is 0.0493 e. The Morgan fingerprint density at radius 1 is 0.857 bits per heavy atom. The van der Waals surface area contributed by atoms with Gasteiger partial charge >= 0.3 is 0 Å². The maximum absolute atomic E-state index is 10.5. The first kappa shape index (κ1) is 14.5. The molecule has 2 N–H and O–H groups in total. The van der Waals surface area contributed by atoms with Crippen molar-refractivity contribution < 1.29 is 10.2 Å². The van der Waals surface area contributed by atoms with E-state index in [2.05, 4.69) is 6.92 Å². The summed E-state index contributed by atoms with van der Waals surface area (Å²) < 4.78 is 0. The molecule has 4 atom stereocenters. The van der Waals surface area contributed by atoms with Crippen LogP contribution in [0, 0.1) is 34.0 Å². The van der Waals surface area contributed by atoms with Crippen LogP contribution in [0.2, 0.25) is 0 Å². The summed E-state index contributed by atoms with van der Waals surface area (Å²) in [5, 5.41) is 20.5. The van der Waals surface area contributed by atoms with E-state index in [0.29, 0.717) is 24.5 Å². The van der Waals surface area contributed by atoms with E-state index < -0.39 is 0 Å². The number of aliphatic hydroxyl groups is 2. The molecular formula is C19H32O2. The van der Waals surface area contributed by atoms with Crippen molar-refractivity contribution in [3.63, 3.8) is 0 Å². The van der Waals surface area contributed by atoms with Gasteiger partial charge < -0.3 is 10.2 Å². The Kier molecular flexibility index (Phi) is 3.25. The van der Waals surface area contributed by atoms with Gasteiger partial charge in [0.2, 0.25) is 0 Å². The van der Waals surface area contributed by atoms with Crippen LogP contribution in [0.15, 0.2) is 0 Å². The quantitative estimate of drug-likeness (QED) is 0.813. The molecule has 0 amide bonds. The molecule has 0 aromatic rings. The van der Waals surface area contributed by atoms with Gasteiger partial charge in [0, 0.05) is 18.6 Å². The molecule has 5 fully saturated rings. The van der Waals surface area contributed by atoms with Gasteiger partial charge in [-0.25, -0.2) is 0 Å². The molecule has 0 heterocycles. The van der Waals surface area contributed by atoms with Crippen LogP contribution in [-0.2, 0) is 0 Å². The molecule has 4 unspecified atom stereocenters. The lowest BCUT2D eigenvalue weighted by Crippen LogP contribution is -2.62. The van der Waals surface area contributed by atoms with Crippen LogP contribution in [0.25, 0.3) is 0 Å². The Morgan fingerprint density at radius 2 is 1.57 bits per heavy atom. The number of aliphatic hydroxyl groups excluding tert-OH is 2. The van der Waals surface area contributed by atoms with E-state index in [-0.39, 0.29) is 10.8 Å². The monoisotopic (exact) mass is 292 g/mol. The molecule has 0 radical (unpaired) electrons. The third-order valence-electron chi connectivity index (χ3n) is 8.62. The molecule has 5 rings (SSSR count). The van der Waals surface area contributed by atoms with Gasteiger partial charge in [-0.15, -0.1) is 0 Å². The standard InChI is InChI=1S/C19H32O2/c1-17(12-20)6-2-7-19(13-21)15(17)5-10-18-8-3-14(4-9-18)11-16(18)19/h14-16,20-21H,2-13H2,1H3. The van der Waals surface area contributed by atoms with E-state index in [1.807, 2.05) is 0 Å². The molecule has 0 aromatic heterocycles. The molecule has 5 aliphatic rings. The lowest BCUT2D eigenvalue weighted by atomic mass is 9.37. The number of rotatable bonds is 2. The fourth-order valence-electron chi connectivity index (χ4n) is 7.53. The van der Waals surface area contributed by atoms with Gasteiger partial charge in [-0.05, 0) is 86.4 Å². The molecule has 1 spiro atoms. The second-order valence-corrected chi connectivity index (χ2v) is 9.24. The largest absolute Gasteiger partial charge is 0.396 e. The Balaban J connectivity index is 1.75. The molecule has 0 saturated heterocycles. The molecule has 120 valence electrons. The summed E-state index contributed by atoms with van der Waals surface area (Å²) in [4.78, 5) is 0. The van der Waals surface area contributed by atoms with Crippen molar-refractivity contribution in [2.45, 2.75) is 71.1 Å². The van der Waals surface area contributed by atoms with E-state index in [0.717, 1.165) is 18.3 Å². The zero-order valence-corrected chi connectivity index (χ0v) is 13.6. The van der Waals surface area contributed by atoms with Crippen molar-refractivity contribution in [2.75, 3.05) is 13.2 Å². The van der Waals surface area contributed by atoms with Crippen molar-refractivity contribution in [3.05, 3.63) is 0 Å². The van der Waals surface area contributed by atoms with Gasteiger partial charge in [0.25, 0.3) is 0 Å². The minimum Gasteiger partial charge on any atom is -0.396 e. The summed E-state index contributed by atoms with van der Waals surface area (Å²) in [6.45, 7) is 2.97. The van der Waals surface area contributed by atoms with Gasteiger partial charge in [-0.3, -0.25) is 0 Å². The van der Waals surface area contributed by atoms with E-state index in [1.165, 1.54) is 57.8 Å². The highest BCUT2D eigenvalue weighted by Gasteiger charge is 2.64. The normalized spacial score (nSPS) is 55.9. The Labute approximate surface area is 129 Å². The third kappa shape index (κ3) is 1.78. The van der Waals surface area contributed by atoms with Gasteiger partial charge in [0.05, 0.1) is 0 Å². The maximum atomic E-state index is 10.5. The average molecular weight is 292 g/mol. The summed E-state index contributed by atoms with van der Waals surface area (Å²) in [6.07, 6.45) is 13.3. The van der Waals surface area contributed by atoms with E-state index in [4.69, 9.17) is 0 Å². The first-order valence-corrected chi connectivity index (χ1v) is 9.30. The van der Waals surface area contributed by atoms with Crippen LogP contribution in [0.5, 0.6) is 0 Å². The lowest BCUT2D eigenvalue weighted by Gasteiger charge is -2.68. The van der Waals surface area contributed by atoms with Crippen LogP contribution >= 0.6 is 0 Å². The molecular weight excluding hydrogens is 260 g/mol. The van der Waals surface area contributed by atoms with Gasteiger partial charge in [0.15, 0.2) is 0 Å². The molecule has 5 aliphatic carbocycles. The van der Waals surface area contributed by atoms with Crippen molar-refractivity contribution in [1.82, 2.24) is 0 Å². The lowest BCUT2D eigenvalue weighted by molar-refractivity contribution is -0.210.